The summed E-state index contributed by atoms with van der Waals surface area (Å²) in [5.41, 5.74) is 1.22. The van der Waals surface area contributed by atoms with Crippen molar-refractivity contribution < 1.29 is 19.1 Å². The fraction of sp³-hybridized carbons (Fsp3) is 0.400. The number of rotatable bonds is 5. The molecule has 1 aromatic rings. The molecular weight excluding hydrogens is 286 g/mol. The van der Waals surface area contributed by atoms with Crippen molar-refractivity contribution in [3.63, 3.8) is 0 Å². The first kappa shape index (κ1) is 15.8. The van der Waals surface area contributed by atoms with Crippen molar-refractivity contribution in [3.8, 4) is 0 Å². The molecule has 0 unspecified atom stereocenters. The highest BCUT2D eigenvalue weighted by atomic mass is 16.5. The van der Waals surface area contributed by atoms with Gasteiger partial charge >= 0.3 is 5.97 Å². The Bertz CT molecular complexity index is 536. The maximum Gasteiger partial charge on any atom is 0.337 e. The van der Waals surface area contributed by atoms with Crippen molar-refractivity contribution in [3.05, 3.63) is 29.8 Å². The van der Waals surface area contributed by atoms with Crippen molar-refractivity contribution >= 4 is 24.0 Å². The molecule has 2 rings (SSSR count). The van der Waals surface area contributed by atoms with Gasteiger partial charge < -0.3 is 19.9 Å². The third-order valence-electron chi connectivity index (χ3n) is 3.57. The monoisotopic (exact) mass is 305 g/mol. The largest absolute Gasteiger partial charge is 0.465 e. The number of nitrogens with one attached hydrogen (secondary N) is 1. The molecule has 118 valence electrons. The van der Waals surface area contributed by atoms with Gasteiger partial charge in [-0.1, -0.05) is 0 Å². The smallest absolute Gasteiger partial charge is 0.337 e. The molecule has 0 atom stereocenters. The summed E-state index contributed by atoms with van der Waals surface area (Å²) in [6.45, 7) is 2.44. The van der Waals surface area contributed by atoms with E-state index in [1.807, 2.05) is 0 Å². The second kappa shape index (κ2) is 7.44. The van der Waals surface area contributed by atoms with Gasteiger partial charge in [0.15, 0.2) is 0 Å². The molecule has 0 bridgehead atoms. The molecule has 1 aromatic carbocycles. The SMILES string of the molecule is COC(=O)c1ccc(NCC(=O)N2CCN(C=O)CC2)cc1. The van der Waals surface area contributed by atoms with Gasteiger partial charge in [-0.2, -0.15) is 0 Å². The molecule has 0 aliphatic carbocycles. The standard InChI is InChI=1S/C15H19N3O4/c1-22-15(21)12-2-4-13(5-3-12)16-10-14(20)18-8-6-17(11-19)7-9-18/h2-5,11,16H,6-10H2,1H3. The second-order valence-corrected chi connectivity index (χ2v) is 4.94. The molecule has 1 aliphatic heterocycles. The van der Waals surface area contributed by atoms with Crippen LogP contribution >= 0.6 is 0 Å². The molecule has 0 spiro atoms. The minimum absolute atomic E-state index is 0.0115. The van der Waals surface area contributed by atoms with Crippen LogP contribution in [-0.4, -0.2) is 67.9 Å². The molecular formula is C15H19N3O4. The molecule has 7 heteroatoms. The number of nitrogens with zero attached hydrogens (tertiary/aromatic N) is 2. The molecule has 1 aliphatic rings. The Labute approximate surface area is 128 Å². The highest BCUT2D eigenvalue weighted by Crippen LogP contribution is 2.10. The Morgan fingerprint density at radius 3 is 2.36 bits per heavy atom. The van der Waals surface area contributed by atoms with Gasteiger partial charge in [-0.15, -0.1) is 0 Å². The van der Waals surface area contributed by atoms with Crippen molar-refractivity contribution in [2.75, 3.05) is 45.2 Å². The summed E-state index contributed by atoms with van der Waals surface area (Å²) in [7, 11) is 1.33. The lowest BCUT2D eigenvalue weighted by molar-refractivity contribution is -0.133. The lowest BCUT2D eigenvalue weighted by atomic mass is 10.2. The van der Waals surface area contributed by atoms with Crippen LogP contribution in [0.2, 0.25) is 0 Å². The highest BCUT2D eigenvalue weighted by molar-refractivity contribution is 5.89. The zero-order chi connectivity index (χ0) is 15.9. The lowest BCUT2D eigenvalue weighted by Gasteiger charge is -2.32. The average Bonchev–Trinajstić information content (AvgIpc) is 2.59. The van der Waals surface area contributed by atoms with Gasteiger partial charge in [-0.3, -0.25) is 9.59 Å². The van der Waals surface area contributed by atoms with Crippen LogP contribution < -0.4 is 5.32 Å². The van der Waals surface area contributed by atoms with E-state index >= 15 is 0 Å². The molecule has 1 N–H and O–H groups in total. The lowest BCUT2D eigenvalue weighted by Crippen LogP contribution is -2.49. The Kier molecular flexibility index (Phi) is 5.35. The number of hydrogen-bond acceptors (Lipinski definition) is 5. The van der Waals surface area contributed by atoms with Gasteiger partial charge in [0.2, 0.25) is 12.3 Å². The van der Waals surface area contributed by atoms with Crippen LogP contribution in [0.1, 0.15) is 10.4 Å². The van der Waals surface area contributed by atoms with Crippen LogP contribution in [0.4, 0.5) is 5.69 Å². The third kappa shape index (κ3) is 3.97. The van der Waals surface area contributed by atoms with E-state index < -0.39 is 5.97 Å². The summed E-state index contributed by atoms with van der Waals surface area (Å²) in [6, 6.07) is 6.73. The van der Waals surface area contributed by atoms with Crippen LogP contribution in [0, 0.1) is 0 Å². The first-order chi connectivity index (χ1) is 10.6. The predicted molar refractivity (Wildman–Crippen MR) is 80.5 cm³/mol. The molecule has 1 saturated heterocycles. The van der Waals surface area contributed by atoms with Crippen LogP contribution in [0.5, 0.6) is 0 Å². The minimum atomic E-state index is -0.393. The van der Waals surface area contributed by atoms with Gasteiger partial charge in [0.05, 0.1) is 19.2 Å². The number of esters is 1. The molecule has 22 heavy (non-hydrogen) atoms. The summed E-state index contributed by atoms with van der Waals surface area (Å²) < 4.78 is 4.62. The molecule has 0 radical (unpaired) electrons. The van der Waals surface area contributed by atoms with E-state index in [1.54, 1.807) is 34.1 Å². The van der Waals surface area contributed by atoms with Crippen molar-refractivity contribution in [2.24, 2.45) is 0 Å². The Hall–Kier alpha value is -2.57. The number of anilines is 1. The minimum Gasteiger partial charge on any atom is -0.465 e. The average molecular weight is 305 g/mol. The number of carbonyl (C=O) groups is 3. The van der Waals surface area contributed by atoms with E-state index in [1.165, 1.54) is 7.11 Å². The quantitative estimate of drug-likeness (QED) is 0.620. The first-order valence-corrected chi connectivity index (χ1v) is 7.03. The van der Waals surface area contributed by atoms with E-state index in [9.17, 15) is 14.4 Å². The molecule has 1 fully saturated rings. The summed E-state index contributed by atoms with van der Waals surface area (Å²) in [5.74, 6) is -0.404. The fourth-order valence-electron chi connectivity index (χ4n) is 2.21. The highest BCUT2D eigenvalue weighted by Gasteiger charge is 2.19. The van der Waals surface area contributed by atoms with Gasteiger partial charge in [-0.25, -0.2) is 4.79 Å². The predicted octanol–water partition coefficient (Wildman–Crippen LogP) is 0.186. The summed E-state index contributed by atoms with van der Waals surface area (Å²) in [5, 5.41) is 3.02. The van der Waals surface area contributed by atoms with Crippen molar-refractivity contribution in [1.82, 2.24) is 9.80 Å². The van der Waals surface area contributed by atoms with Gasteiger partial charge in [0, 0.05) is 31.9 Å². The topological polar surface area (TPSA) is 79.0 Å². The Morgan fingerprint density at radius 2 is 1.82 bits per heavy atom. The van der Waals surface area contributed by atoms with E-state index in [4.69, 9.17) is 0 Å². The zero-order valence-electron chi connectivity index (χ0n) is 12.4. The number of carbonyl (C=O) groups excluding carboxylic acids is 3. The van der Waals surface area contributed by atoms with Crippen molar-refractivity contribution in [2.45, 2.75) is 0 Å². The Balaban J connectivity index is 1.81. The first-order valence-electron chi connectivity index (χ1n) is 7.03. The van der Waals surface area contributed by atoms with Crippen LogP contribution in [-0.2, 0) is 14.3 Å². The van der Waals surface area contributed by atoms with Crippen LogP contribution in [0.25, 0.3) is 0 Å². The van der Waals surface area contributed by atoms with Crippen LogP contribution in [0.15, 0.2) is 24.3 Å². The summed E-state index contributed by atoms with van der Waals surface area (Å²) in [6.07, 6.45) is 0.808. The van der Waals surface area contributed by atoms with E-state index in [0.717, 1.165) is 12.1 Å². The number of methoxy groups -OCH3 is 1. The van der Waals surface area contributed by atoms with E-state index in [2.05, 4.69) is 10.1 Å². The van der Waals surface area contributed by atoms with E-state index in [0.29, 0.717) is 31.7 Å². The normalized spacial score (nSPS) is 14.4. The zero-order valence-corrected chi connectivity index (χ0v) is 12.4. The molecule has 0 saturated carbocycles. The van der Waals surface area contributed by atoms with Gasteiger partial charge in [0.1, 0.15) is 0 Å². The maximum absolute atomic E-state index is 12.1. The Morgan fingerprint density at radius 1 is 1.18 bits per heavy atom. The molecule has 0 aromatic heterocycles. The molecule has 1 heterocycles. The molecule has 2 amide bonds. The number of piperazine rings is 1. The number of amides is 2. The molecule has 7 nitrogen and oxygen atoms in total. The summed E-state index contributed by atoms with van der Waals surface area (Å²) in [4.78, 5) is 37.4. The van der Waals surface area contributed by atoms with Crippen LogP contribution in [0.3, 0.4) is 0 Å². The summed E-state index contributed by atoms with van der Waals surface area (Å²) >= 11 is 0. The second-order valence-electron chi connectivity index (χ2n) is 4.94. The van der Waals surface area contributed by atoms with Gasteiger partial charge in [-0.05, 0) is 24.3 Å². The number of ether oxygens (including phenoxy) is 1. The fourth-order valence-corrected chi connectivity index (χ4v) is 2.21. The number of benzene rings is 1. The van der Waals surface area contributed by atoms with Crippen molar-refractivity contribution in [1.29, 1.82) is 0 Å². The number of hydrogen-bond donors (Lipinski definition) is 1. The maximum atomic E-state index is 12.1. The van der Waals surface area contributed by atoms with Gasteiger partial charge in [0.25, 0.3) is 0 Å². The van der Waals surface area contributed by atoms with E-state index in [-0.39, 0.29) is 12.5 Å². The third-order valence-corrected chi connectivity index (χ3v) is 3.57.